The predicted octanol–water partition coefficient (Wildman–Crippen LogP) is 3.77. The number of amides is 2. The molecule has 13 N–H and O–H groups in total. The Morgan fingerprint density at radius 2 is 1.45 bits per heavy atom. The van der Waals surface area contributed by atoms with E-state index in [-0.39, 0.29) is 69.6 Å². The Morgan fingerprint density at radius 3 is 2.11 bits per heavy atom. The Balaban J connectivity index is 2.43. The molecule has 2 aliphatic rings. The van der Waals surface area contributed by atoms with Crippen molar-refractivity contribution < 1.29 is 89.2 Å². The molecule has 2 rings (SSSR count). The number of aliphatic hydroxyl groups is 9. The van der Waals surface area contributed by atoms with E-state index < -0.39 is 127 Å². The Labute approximate surface area is 443 Å². The molecule has 20 heteroatoms. The lowest BCUT2D eigenvalue weighted by atomic mass is 9.83. The van der Waals surface area contributed by atoms with Crippen LogP contribution in [0.5, 0.6) is 0 Å². The number of rotatable bonds is 13. The van der Waals surface area contributed by atoms with Crippen LogP contribution in [0.2, 0.25) is 0 Å². The van der Waals surface area contributed by atoms with Crippen molar-refractivity contribution >= 4 is 23.9 Å². The summed E-state index contributed by atoms with van der Waals surface area (Å²) in [4.78, 5) is 48.2. The van der Waals surface area contributed by atoms with Crippen LogP contribution < -0.4 is 11.1 Å². The number of primary amides is 1. The summed E-state index contributed by atoms with van der Waals surface area (Å²) in [6.07, 6.45) is 3.02. The Bertz CT molecular complexity index is 1860. The molecule has 0 spiro atoms. The average Bonchev–Trinajstić information content (AvgIpc) is 3.33. The molecule has 2 heterocycles. The molecule has 75 heavy (non-hydrogen) atoms. The summed E-state index contributed by atoms with van der Waals surface area (Å²) in [6, 6.07) is -0.561. The van der Waals surface area contributed by atoms with E-state index in [9.17, 15) is 70.2 Å². The van der Waals surface area contributed by atoms with Crippen LogP contribution in [0.25, 0.3) is 0 Å². The zero-order chi connectivity index (χ0) is 56.4. The van der Waals surface area contributed by atoms with Crippen LogP contribution in [-0.4, -0.2) is 168 Å². The number of ether oxygens (including phenoxy) is 4. The van der Waals surface area contributed by atoms with Gasteiger partial charge in [-0.05, 0) is 75.7 Å². The van der Waals surface area contributed by atoms with E-state index in [4.69, 9.17) is 24.7 Å². The first-order valence-electron chi connectivity index (χ1n) is 26.6. The van der Waals surface area contributed by atoms with E-state index in [2.05, 4.69) is 11.4 Å². The van der Waals surface area contributed by atoms with E-state index in [1.165, 1.54) is 19.3 Å². The third kappa shape index (κ3) is 25.3. The van der Waals surface area contributed by atoms with Crippen molar-refractivity contribution in [1.29, 1.82) is 0 Å². The van der Waals surface area contributed by atoms with E-state index in [0.717, 1.165) is 32.1 Å². The third-order valence-corrected chi connectivity index (χ3v) is 14.5. The third-order valence-electron chi connectivity index (χ3n) is 14.5. The van der Waals surface area contributed by atoms with E-state index in [0.29, 0.717) is 12.1 Å². The zero-order valence-electron chi connectivity index (χ0n) is 45.1. The van der Waals surface area contributed by atoms with Crippen molar-refractivity contribution in [3.05, 3.63) is 60.3 Å². The fraction of sp³-hybridized carbons (Fsp3) is 0.745. The first-order valence-corrected chi connectivity index (χ1v) is 26.6. The van der Waals surface area contributed by atoms with Gasteiger partial charge in [0.1, 0.15) is 24.7 Å². The van der Waals surface area contributed by atoms with Crippen LogP contribution in [0.3, 0.4) is 0 Å². The Morgan fingerprint density at radius 1 is 0.800 bits per heavy atom. The number of hydrogen-bond acceptors (Lipinski definition) is 17. The zero-order valence-corrected chi connectivity index (χ0v) is 45.1. The molecule has 0 unspecified atom stereocenters. The van der Waals surface area contributed by atoms with Gasteiger partial charge in [0.2, 0.25) is 0 Å². The summed E-state index contributed by atoms with van der Waals surface area (Å²) in [5.74, 6) is -7.19. The molecule has 2 bridgehead atoms. The van der Waals surface area contributed by atoms with E-state index in [1.54, 1.807) is 52.0 Å². The van der Waals surface area contributed by atoms with Crippen molar-refractivity contribution in [2.75, 3.05) is 13.7 Å². The summed E-state index contributed by atoms with van der Waals surface area (Å²) in [6.45, 7) is 11.2. The van der Waals surface area contributed by atoms with Gasteiger partial charge in [0, 0.05) is 76.0 Å². The number of unbranched alkanes of at least 4 members (excludes halogenated alkanes) is 2. The number of allylic oxidation sites excluding steroid dienone is 6. The standard InChI is InChI=1S/C55H92N2O18/c1-33-17-13-14-21-50(68)74-52(36(4)18-12-10-8-9-11-15-24-57-54(56)71)37(5)20-16-19-34(2)44(61)27-40(59)25-39(58)26-41(73-51(69)31-49(66)67)28-42-29-47(64)53(70)55(72-7,75-42)32-48(65)35(3)22-23-43(60)38(6)46(63)30-45(33)62/h8-9,13-14,16-17,19-21,33,35-48,52-53,58-65,70H,10-12,15,18,22-32H2,1-7H3,(H,66,67)(H3,56,57,71)/b9-8+,17-13+,20-16+,21-14+,34-19+/t33-,35-,36+,37+,38+,39-,40+,41+,42+,43+,44-,45+,46-,47+,48-,52+,53-,55-/m1/s1. The monoisotopic (exact) mass is 1070 g/mol. The molecular weight excluding hydrogens is 977 g/mol. The quantitative estimate of drug-likeness (QED) is 0.0540. The maximum Gasteiger partial charge on any atom is 0.331 e. The highest BCUT2D eigenvalue weighted by Crippen LogP contribution is 2.38. The number of hydrogen-bond donors (Lipinski definition) is 12. The second-order valence-electron chi connectivity index (χ2n) is 21.0. The first-order chi connectivity index (χ1) is 35.3. The van der Waals surface area contributed by atoms with Gasteiger partial charge in [-0.2, -0.15) is 0 Å². The molecule has 430 valence electrons. The van der Waals surface area contributed by atoms with Gasteiger partial charge in [0.25, 0.3) is 0 Å². The molecule has 0 aromatic carbocycles. The molecule has 18 atom stereocenters. The molecule has 0 saturated carbocycles. The maximum atomic E-state index is 13.3. The molecular formula is C55H92N2O18. The largest absolute Gasteiger partial charge is 0.481 e. The van der Waals surface area contributed by atoms with Gasteiger partial charge in [0.15, 0.2) is 5.79 Å². The highest BCUT2D eigenvalue weighted by molar-refractivity contribution is 5.90. The molecule has 20 nitrogen and oxygen atoms in total. The minimum absolute atomic E-state index is 0.0633. The van der Waals surface area contributed by atoms with Gasteiger partial charge in [0.05, 0.1) is 54.9 Å². The summed E-state index contributed by atoms with van der Waals surface area (Å²) >= 11 is 0. The Hall–Kier alpha value is -4.06. The van der Waals surface area contributed by atoms with Crippen molar-refractivity contribution in [3.8, 4) is 0 Å². The van der Waals surface area contributed by atoms with Crippen molar-refractivity contribution in [3.63, 3.8) is 0 Å². The molecule has 0 radical (unpaired) electrons. The van der Waals surface area contributed by atoms with E-state index in [1.807, 2.05) is 26.0 Å². The minimum Gasteiger partial charge on any atom is -0.481 e. The lowest BCUT2D eigenvalue weighted by Gasteiger charge is -2.47. The SMILES string of the molecule is CO[C@@]12C[C@@H](O)[C@H](C)CC[C@H](O)[C@H](C)[C@H](O)C[C@H](O)[C@H](C)/C=C/C=C/C(=O)O[C@@H]([C@@H](C)CCC/C=C/CCCNC(N)=O)[C@@H](C)/C=C/C=C(\C)[C@H](O)C[C@@H](O)C[C@@H](O)C[C@H](OC(=O)CC(=O)O)C[C@@H](C[C@H](O)[C@H]1O)O2. The van der Waals surface area contributed by atoms with Crippen LogP contribution in [-0.2, 0) is 33.3 Å². The van der Waals surface area contributed by atoms with Crippen LogP contribution in [0, 0.1) is 29.6 Å². The predicted molar refractivity (Wildman–Crippen MR) is 279 cm³/mol. The van der Waals surface area contributed by atoms with Crippen LogP contribution in [0.1, 0.15) is 138 Å². The number of nitrogens with two attached hydrogens (primary N) is 1. The number of urea groups is 1. The fourth-order valence-electron chi connectivity index (χ4n) is 9.47. The van der Waals surface area contributed by atoms with Crippen LogP contribution in [0.4, 0.5) is 4.79 Å². The number of aliphatic hydroxyl groups excluding tert-OH is 9. The van der Waals surface area contributed by atoms with E-state index >= 15 is 0 Å². The molecule has 2 amide bonds. The highest BCUT2D eigenvalue weighted by Gasteiger charge is 2.51. The minimum atomic E-state index is -1.98. The number of carboxylic acid groups (broad SMARTS) is 1. The van der Waals surface area contributed by atoms with Gasteiger partial charge in [-0.1, -0.05) is 83.2 Å². The summed E-state index contributed by atoms with van der Waals surface area (Å²) in [7, 11) is 1.22. The number of cyclic esters (lactones) is 1. The summed E-state index contributed by atoms with van der Waals surface area (Å²) in [5, 5.41) is 112. The van der Waals surface area contributed by atoms with Crippen LogP contribution >= 0.6 is 0 Å². The number of aliphatic carboxylic acids is 1. The van der Waals surface area contributed by atoms with Crippen LogP contribution in [0.15, 0.2) is 60.3 Å². The summed E-state index contributed by atoms with van der Waals surface area (Å²) < 4.78 is 23.4. The number of nitrogens with one attached hydrogen (secondary N) is 1. The lowest BCUT2D eigenvalue weighted by Crippen LogP contribution is -2.61. The average molecular weight is 1070 g/mol. The number of carboxylic acids is 1. The smallest absolute Gasteiger partial charge is 0.331 e. The van der Waals surface area contributed by atoms with Gasteiger partial charge < -0.3 is 81.1 Å². The van der Waals surface area contributed by atoms with Crippen molar-refractivity contribution in [1.82, 2.24) is 5.32 Å². The molecule has 0 aromatic rings. The number of carbonyl (C=O) groups excluding carboxylic acids is 3. The second-order valence-corrected chi connectivity index (χ2v) is 21.0. The molecule has 0 aliphatic carbocycles. The summed E-state index contributed by atoms with van der Waals surface area (Å²) in [5.41, 5.74) is 5.60. The molecule has 0 aromatic heterocycles. The lowest BCUT2D eigenvalue weighted by molar-refractivity contribution is -0.343. The van der Waals surface area contributed by atoms with Crippen molar-refractivity contribution in [2.24, 2.45) is 35.3 Å². The van der Waals surface area contributed by atoms with Crippen molar-refractivity contribution in [2.45, 2.75) is 217 Å². The van der Waals surface area contributed by atoms with Gasteiger partial charge in [-0.3, -0.25) is 9.59 Å². The van der Waals surface area contributed by atoms with Gasteiger partial charge in [-0.15, -0.1) is 0 Å². The van der Waals surface area contributed by atoms with Gasteiger partial charge in [-0.25, -0.2) is 9.59 Å². The molecule has 2 aliphatic heterocycles. The second kappa shape index (κ2) is 34.7. The first kappa shape index (κ1) is 67.1. The number of methoxy groups -OCH3 is 1. The maximum absolute atomic E-state index is 13.3. The number of fused-ring (bicyclic) bond motifs is 2. The molecule has 1 saturated heterocycles. The Kier molecular flexibility index (Phi) is 31.0. The fourth-order valence-corrected chi connectivity index (χ4v) is 9.47. The normalized spacial score (nSPS) is 37.6. The number of esters is 2. The number of carbonyl (C=O) groups is 4. The topological polar surface area (TPSA) is 346 Å². The van der Waals surface area contributed by atoms with Gasteiger partial charge >= 0.3 is 23.9 Å². The highest BCUT2D eigenvalue weighted by atomic mass is 16.7. The molecule has 1 fully saturated rings.